The van der Waals surface area contributed by atoms with Crippen LogP contribution >= 0.6 is 11.8 Å². The monoisotopic (exact) mass is 438 g/mol. The Morgan fingerprint density at radius 1 is 1.06 bits per heavy atom. The van der Waals surface area contributed by atoms with Crippen LogP contribution in [0.3, 0.4) is 0 Å². The molecule has 4 rings (SSSR count). The summed E-state index contributed by atoms with van der Waals surface area (Å²) in [5.41, 5.74) is 1.77. The predicted octanol–water partition coefficient (Wildman–Crippen LogP) is 3.67. The van der Waals surface area contributed by atoms with Crippen LogP contribution in [-0.4, -0.2) is 63.7 Å². The lowest BCUT2D eigenvalue weighted by Crippen LogP contribution is -2.48. The van der Waals surface area contributed by atoms with E-state index in [-0.39, 0.29) is 23.9 Å². The second kappa shape index (κ2) is 9.53. The molecule has 7 nitrogen and oxygen atoms in total. The Balaban J connectivity index is 1.62. The molecule has 2 aromatic carbocycles. The Morgan fingerprint density at radius 3 is 2.45 bits per heavy atom. The van der Waals surface area contributed by atoms with E-state index in [0.29, 0.717) is 24.1 Å². The van der Waals surface area contributed by atoms with Crippen LogP contribution in [0, 0.1) is 0 Å². The maximum absolute atomic E-state index is 12.9. The molecule has 1 amide bonds. The molecule has 31 heavy (non-hydrogen) atoms. The van der Waals surface area contributed by atoms with Gasteiger partial charge in [-0.25, -0.2) is 0 Å². The van der Waals surface area contributed by atoms with Crippen molar-refractivity contribution in [1.82, 2.24) is 19.7 Å². The average Bonchev–Trinajstić information content (AvgIpc) is 3.21. The Morgan fingerprint density at radius 2 is 1.74 bits per heavy atom. The van der Waals surface area contributed by atoms with Crippen LogP contribution in [0.1, 0.15) is 13.8 Å². The summed E-state index contributed by atoms with van der Waals surface area (Å²) < 4.78 is 13.3. The van der Waals surface area contributed by atoms with Crippen LogP contribution in [0.5, 0.6) is 5.75 Å². The number of amides is 1. The topological polar surface area (TPSA) is 69.5 Å². The first-order valence-electron chi connectivity index (χ1n) is 10.3. The van der Waals surface area contributed by atoms with Crippen molar-refractivity contribution >= 4 is 17.7 Å². The standard InChI is InChI=1S/C23H26N4O3S/c1-16-13-26(14-17(2)30-16)21(28)15-31-23-25-24-22(19-11-7-8-12-20(19)29-3)27(23)18-9-5-4-6-10-18/h4-12,16-17H,13-15H2,1-3H3/t16-,17-/m0/s1. The van der Waals surface area contributed by atoms with Gasteiger partial charge in [-0.15, -0.1) is 10.2 Å². The van der Waals surface area contributed by atoms with Gasteiger partial charge in [0.15, 0.2) is 11.0 Å². The van der Waals surface area contributed by atoms with E-state index in [9.17, 15) is 4.79 Å². The second-order valence-corrected chi connectivity index (χ2v) is 8.46. The normalized spacial score (nSPS) is 18.7. The summed E-state index contributed by atoms with van der Waals surface area (Å²) >= 11 is 1.39. The highest BCUT2D eigenvalue weighted by Crippen LogP contribution is 2.33. The van der Waals surface area contributed by atoms with Gasteiger partial charge in [-0.1, -0.05) is 42.1 Å². The molecular weight excluding hydrogens is 412 g/mol. The maximum Gasteiger partial charge on any atom is 0.233 e. The molecule has 2 heterocycles. The van der Waals surface area contributed by atoms with Gasteiger partial charge < -0.3 is 14.4 Å². The molecule has 1 aliphatic rings. The van der Waals surface area contributed by atoms with Crippen molar-refractivity contribution in [3.05, 3.63) is 54.6 Å². The van der Waals surface area contributed by atoms with Crippen molar-refractivity contribution in [3.8, 4) is 22.8 Å². The molecule has 0 N–H and O–H groups in total. The molecule has 3 aromatic rings. The van der Waals surface area contributed by atoms with Crippen molar-refractivity contribution in [2.45, 2.75) is 31.2 Å². The summed E-state index contributed by atoms with van der Waals surface area (Å²) in [6.07, 6.45) is 0.0886. The molecule has 1 aromatic heterocycles. The molecule has 8 heteroatoms. The molecule has 0 saturated carbocycles. The number of methoxy groups -OCH3 is 1. The minimum atomic E-state index is 0.0443. The summed E-state index contributed by atoms with van der Waals surface area (Å²) in [4.78, 5) is 14.7. The number of hydrogen-bond donors (Lipinski definition) is 0. The van der Waals surface area contributed by atoms with Crippen molar-refractivity contribution in [2.24, 2.45) is 0 Å². The zero-order valence-corrected chi connectivity index (χ0v) is 18.7. The zero-order valence-electron chi connectivity index (χ0n) is 17.9. The van der Waals surface area contributed by atoms with E-state index in [4.69, 9.17) is 9.47 Å². The molecule has 162 valence electrons. The van der Waals surface area contributed by atoms with Crippen molar-refractivity contribution in [1.29, 1.82) is 0 Å². The molecule has 0 unspecified atom stereocenters. The average molecular weight is 439 g/mol. The van der Waals surface area contributed by atoms with E-state index < -0.39 is 0 Å². The number of hydrogen-bond acceptors (Lipinski definition) is 6. The van der Waals surface area contributed by atoms with E-state index in [1.54, 1.807) is 7.11 Å². The number of morpholine rings is 1. The van der Waals surface area contributed by atoms with Crippen LogP contribution in [0.4, 0.5) is 0 Å². The molecule has 0 aliphatic carbocycles. The van der Waals surface area contributed by atoms with Crippen molar-refractivity contribution < 1.29 is 14.3 Å². The predicted molar refractivity (Wildman–Crippen MR) is 121 cm³/mol. The van der Waals surface area contributed by atoms with Crippen molar-refractivity contribution in [3.63, 3.8) is 0 Å². The molecule has 1 saturated heterocycles. The Kier molecular flexibility index (Phi) is 6.58. The number of aromatic nitrogens is 3. The number of thioether (sulfide) groups is 1. The summed E-state index contributed by atoms with van der Waals surface area (Å²) in [5.74, 6) is 1.76. The van der Waals surface area contributed by atoms with Crippen LogP contribution < -0.4 is 4.74 Å². The fourth-order valence-electron chi connectivity index (χ4n) is 3.78. The highest BCUT2D eigenvalue weighted by molar-refractivity contribution is 7.99. The lowest BCUT2D eigenvalue weighted by Gasteiger charge is -2.35. The molecule has 0 bridgehead atoms. The van der Waals surface area contributed by atoms with Gasteiger partial charge in [0, 0.05) is 18.8 Å². The minimum absolute atomic E-state index is 0.0443. The van der Waals surface area contributed by atoms with Gasteiger partial charge in [0.25, 0.3) is 0 Å². The summed E-state index contributed by atoms with van der Waals surface area (Å²) in [7, 11) is 1.64. The van der Waals surface area contributed by atoms with E-state index >= 15 is 0 Å². The smallest absolute Gasteiger partial charge is 0.233 e. The number of carbonyl (C=O) groups excluding carboxylic acids is 1. The van der Waals surface area contributed by atoms with E-state index in [1.807, 2.05) is 77.9 Å². The van der Waals surface area contributed by atoms with Gasteiger partial charge >= 0.3 is 0 Å². The van der Waals surface area contributed by atoms with Gasteiger partial charge in [0.1, 0.15) is 5.75 Å². The minimum Gasteiger partial charge on any atom is -0.496 e. The van der Waals surface area contributed by atoms with E-state index in [2.05, 4.69) is 10.2 Å². The zero-order chi connectivity index (χ0) is 21.8. The first kappa shape index (κ1) is 21.4. The maximum atomic E-state index is 12.9. The SMILES string of the molecule is COc1ccccc1-c1nnc(SCC(=O)N2C[C@H](C)O[C@@H](C)C2)n1-c1ccccc1. The van der Waals surface area contributed by atoms with Crippen LogP contribution in [0.2, 0.25) is 0 Å². The van der Waals surface area contributed by atoms with Crippen molar-refractivity contribution in [2.75, 3.05) is 26.0 Å². The number of para-hydroxylation sites is 2. The molecular formula is C23H26N4O3S. The number of ether oxygens (including phenoxy) is 2. The third kappa shape index (κ3) is 4.75. The summed E-state index contributed by atoms with van der Waals surface area (Å²) in [5, 5.41) is 9.53. The van der Waals surface area contributed by atoms with Gasteiger partial charge in [-0.3, -0.25) is 9.36 Å². The molecule has 2 atom stereocenters. The van der Waals surface area contributed by atoms with Gasteiger partial charge in [0.2, 0.25) is 5.91 Å². The number of rotatable bonds is 6. The van der Waals surface area contributed by atoms with E-state index in [0.717, 1.165) is 17.0 Å². The van der Waals surface area contributed by atoms with Crippen LogP contribution in [-0.2, 0) is 9.53 Å². The lowest BCUT2D eigenvalue weighted by atomic mass is 10.2. The first-order valence-corrected chi connectivity index (χ1v) is 11.3. The van der Waals surface area contributed by atoms with Gasteiger partial charge in [0.05, 0.1) is 30.6 Å². The number of benzene rings is 2. The fraction of sp³-hybridized carbons (Fsp3) is 0.348. The highest BCUT2D eigenvalue weighted by atomic mass is 32.2. The lowest BCUT2D eigenvalue weighted by molar-refractivity contribution is -0.140. The first-order chi connectivity index (χ1) is 15.1. The van der Waals surface area contributed by atoms with Crippen LogP contribution in [0.25, 0.3) is 17.1 Å². The van der Waals surface area contributed by atoms with E-state index in [1.165, 1.54) is 11.8 Å². The quantitative estimate of drug-likeness (QED) is 0.547. The summed E-state index contributed by atoms with van der Waals surface area (Å²) in [6, 6.07) is 17.6. The number of nitrogens with zero attached hydrogens (tertiary/aromatic N) is 4. The Labute approximate surface area is 186 Å². The van der Waals surface area contributed by atoms with Gasteiger partial charge in [-0.05, 0) is 38.1 Å². The number of carbonyl (C=O) groups is 1. The molecule has 1 aliphatic heterocycles. The Bertz CT molecular complexity index is 1030. The third-order valence-electron chi connectivity index (χ3n) is 5.09. The molecule has 0 spiro atoms. The third-order valence-corrected chi connectivity index (χ3v) is 6.01. The van der Waals surface area contributed by atoms with Gasteiger partial charge in [-0.2, -0.15) is 0 Å². The Hall–Kier alpha value is -2.84. The largest absolute Gasteiger partial charge is 0.496 e. The molecule has 1 fully saturated rings. The van der Waals surface area contributed by atoms with Crippen LogP contribution in [0.15, 0.2) is 59.8 Å². The fourth-order valence-corrected chi connectivity index (χ4v) is 4.63. The highest BCUT2D eigenvalue weighted by Gasteiger charge is 2.27. The summed E-state index contributed by atoms with van der Waals surface area (Å²) in [6.45, 7) is 5.21. The molecule has 0 radical (unpaired) electrons. The second-order valence-electron chi connectivity index (χ2n) is 7.52.